The molecule has 0 aliphatic heterocycles. The number of carbonyl (C=O) groups is 1. The average molecular weight is 218 g/mol. The normalized spacial score (nSPS) is 11.4. The molecule has 0 fully saturated rings. The zero-order valence-corrected chi connectivity index (χ0v) is 7.92. The topological polar surface area (TPSA) is 138 Å². The number of rotatable bonds is 4. The summed E-state index contributed by atoms with van der Waals surface area (Å²) in [6.07, 6.45) is -2.90. The van der Waals surface area contributed by atoms with E-state index < -0.39 is 13.4 Å². The number of hydrogen-bond acceptors (Lipinski definition) is 5. The molecule has 13 heavy (non-hydrogen) atoms. The zero-order chi connectivity index (χ0) is 10.9. The number of aliphatic hydroxyl groups excluding tert-OH is 4. The van der Waals surface area contributed by atoms with E-state index in [0.717, 1.165) is 0 Å². The Hall–Kier alpha value is -0.460. The van der Waals surface area contributed by atoms with Gasteiger partial charge < -0.3 is 10.2 Å². The quantitative estimate of drug-likeness (QED) is 0.324. The number of hydrogen-bond donors (Lipinski definition) is 6. The van der Waals surface area contributed by atoms with Crippen LogP contribution in [0.25, 0.3) is 0 Å². The summed E-state index contributed by atoms with van der Waals surface area (Å²) in [5.41, 5.74) is 0. The standard InChI is InChI=1S/C4H13O4P.CH2O3/c5-1-9(2-6,3-7)4-8;2-1(3)4/h5-9H,1-4H2;(H2,2,3,4). The second kappa shape index (κ2) is 8.15. The van der Waals surface area contributed by atoms with Crippen LogP contribution >= 0.6 is 7.26 Å². The Labute approximate surface area is 75.2 Å². The summed E-state index contributed by atoms with van der Waals surface area (Å²) in [5, 5.41) is 48.2. The molecule has 0 spiro atoms. The first kappa shape index (κ1) is 15.0. The molecule has 0 heterocycles. The maximum atomic E-state index is 8.56. The Kier molecular flexibility index (Phi) is 9.43. The van der Waals surface area contributed by atoms with Gasteiger partial charge in [0, 0.05) is 0 Å². The monoisotopic (exact) mass is 218 g/mol. The Balaban J connectivity index is 0. The van der Waals surface area contributed by atoms with Crippen molar-refractivity contribution >= 4 is 13.4 Å². The van der Waals surface area contributed by atoms with E-state index in [0.29, 0.717) is 0 Å². The molecule has 0 saturated heterocycles. The number of aliphatic hydroxyl groups is 4. The third-order valence-electron chi connectivity index (χ3n) is 1.34. The minimum absolute atomic E-state index is 0.267. The molecule has 0 saturated carbocycles. The van der Waals surface area contributed by atoms with Crippen LogP contribution in [0.1, 0.15) is 0 Å². The van der Waals surface area contributed by atoms with Crippen molar-refractivity contribution in [2.45, 2.75) is 0 Å². The third kappa shape index (κ3) is 7.89. The molecule has 8 heteroatoms. The molecule has 0 atom stereocenters. The second-order valence-electron chi connectivity index (χ2n) is 2.42. The van der Waals surface area contributed by atoms with Crippen molar-refractivity contribution in [3.8, 4) is 0 Å². The van der Waals surface area contributed by atoms with E-state index in [-0.39, 0.29) is 25.4 Å². The second-order valence-corrected chi connectivity index (χ2v) is 6.68. The fourth-order valence-electron chi connectivity index (χ4n) is 0.300. The molecule has 0 amide bonds. The molecule has 0 rings (SSSR count). The van der Waals surface area contributed by atoms with Crippen LogP contribution in [0.3, 0.4) is 0 Å². The summed E-state index contributed by atoms with van der Waals surface area (Å²) in [4.78, 5) is 8.56. The average Bonchev–Trinajstić information content (AvgIpc) is 2.09. The SMILES string of the molecule is O=C(O)O.OC[PH](CO)(CO)CO. The van der Waals surface area contributed by atoms with E-state index in [4.69, 9.17) is 35.4 Å². The van der Waals surface area contributed by atoms with Crippen LogP contribution in [0, 0.1) is 0 Å². The molecule has 6 N–H and O–H groups in total. The van der Waals surface area contributed by atoms with Gasteiger partial charge in [-0.25, -0.2) is 4.79 Å². The van der Waals surface area contributed by atoms with Gasteiger partial charge in [0.1, 0.15) is 0 Å². The van der Waals surface area contributed by atoms with Crippen molar-refractivity contribution < 1.29 is 35.4 Å². The molecular formula is C5H15O7P. The first-order valence-electron chi connectivity index (χ1n) is 3.33. The van der Waals surface area contributed by atoms with E-state index in [1.54, 1.807) is 0 Å². The van der Waals surface area contributed by atoms with Gasteiger partial charge in [-0.1, -0.05) is 0 Å². The van der Waals surface area contributed by atoms with Crippen molar-refractivity contribution in [1.29, 1.82) is 0 Å². The fraction of sp³-hybridized carbons (Fsp3) is 0.800. The number of carboxylic acid groups (broad SMARTS) is 2. The van der Waals surface area contributed by atoms with Gasteiger partial charge in [0.05, 0.1) is 0 Å². The third-order valence-corrected chi connectivity index (χ3v) is 4.02. The summed E-state index contributed by atoms with van der Waals surface area (Å²) in [6.45, 7) is 0. The summed E-state index contributed by atoms with van der Waals surface area (Å²) in [6, 6.07) is 0. The predicted octanol–water partition coefficient (Wildman–Crippen LogP) is -1.24. The summed E-state index contributed by atoms with van der Waals surface area (Å²) >= 11 is 0. The van der Waals surface area contributed by atoms with Crippen LogP contribution in [-0.4, -0.2) is 62.2 Å². The van der Waals surface area contributed by atoms with E-state index in [9.17, 15) is 0 Å². The molecule has 7 nitrogen and oxygen atoms in total. The molecule has 0 unspecified atom stereocenters. The first-order valence-corrected chi connectivity index (χ1v) is 6.16. The fourth-order valence-corrected chi connectivity index (χ4v) is 0.900. The van der Waals surface area contributed by atoms with Gasteiger partial charge in [-0.2, -0.15) is 0 Å². The molecule has 0 aromatic carbocycles. The van der Waals surface area contributed by atoms with Gasteiger partial charge in [0.2, 0.25) is 0 Å². The van der Waals surface area contributed by atoms with Crippen LogP contribution in [0.4, 0.5) is 4.79 Å². The van der Waals surface area contributed by atoms with Crippen molar-refractivity contribution in [2.75, 3.05) is 25.4 Å². The molecular weight excluding hydrogens is 203 g/mol. The molecule has 0 aromatic rings. The Morgan fingerprint density at radius 1 is 0.846 bits per heavy atom. The van der Waals surface area contributed by atoms with E-state index in [1.807, 2.05) is 0 Å². The molecule has 0 aromatic heterocycles. The Morgan fingerprint density at radius 2 is 1.00 bits per heavy atom. The van der Waals surface area contributed by atoms with Gasteiger partial charge >= 0.3 is 59.2 Å². The molecule has 0 aliphatic rings. The summed E-state index contributed by atoms with van der Waals surface area (Å²) in [7, 11) is -2.47. The van der Waals surface area contributed by atoms with Crippen LogP contribution in [0.5, 0.6) is 0 Å². The molecule has 82 valence electrons. The first-order chi connectivity index (χ1) is 5.97. The van der Waals surface area contributed by atoms with Gasteiger partial charge in [-0.15, -0.1) is 0 Å². The van der Waals surface area contributed by atoms with Crippen molar-refractivity contribution in [2.24, 2.45) is 0 Å². The van der Waals surface area contributed by atoms with Crippen molar-refractivity contribution in [3.05, 3.63) is 0 Å². The van der Waals surface area contributed by atoms with Gasteiger partial charge in [0.25, 0.3) is 0 Å². The van der Waals surface area contributed by atoms with E-state index >= 15 is 0 Å². The summed E-state index contributed by atoms with van der Waals surface area (Å²) < 4.78 is 0. The maximum absolute atomic E-state index is 8.56. The van der Waals surface area contributed by atoms with E-state index in [2.05, 4.69) is 0 Å². The van der Waals surface area contributed by atoms with Crippen LogP contribution in [-0.2, 0) is 0 Å². The van der Waals surface area contributed by atoms with Gasteiger partial charge in [0.15, 0.2) is 0 Å². The molecule has 0 bridgehead atoms. The molecule has 0 aliphatic carbocycles. The van der Waals surface area contributed by atoms with Crippen molar-refractivity contribution in [3.63, 3.8) is 0 Å². The predicted molar refractivity (Wildman–Crippen MR) is 47.3 cm³/mol. The zero-order valence-electron chi connectivity index (χ0n) is 6.92. The van der Waals surface area contributed by atoms with Crippen LogP contribution in [0.15, 0.2) is 0 Å². The molecule has 0 radical (unpaired) electrons. The van der Waals surface area contributed by atoms with Gasteiger partial charge in [-0.05, 0) is 0 Å². The summed E-state index contributed by atoms with van der Waals surface area (Å²) in [5.74, 6) is 0. The van der Waals surface area contributed by atoms with Crippen molar-refractivity contribution in [1.82, 2.24) is 0 Å². The Bertz CT molecular complexity index is 113. The minimum atomic E-state index is -2.47. The van der Waals surface area contributed by atoms with Gasteiger partial charge in [-0.3, -0.25) is 0 Å². The Morgan fingerprint density at radius 3 is 1.00 bits per heavy atom. The van der Waals surface area contributed by atoms with Crippen LogP contribution in [0.2, 0.25) is 0 Å². The van der Waals surface area contributed by atoms with Crippen LogP contribution < -0.4 is 0 Å². The van der Waals surface area contributed by atoms with E-state index in [1.165, 1.54) is 0 Å².